The van der Waals surface area contributed by atoms with Gasteiger partial charge in [0, 0.05) is 12.0 Å². The first-order valence-electron chi connectivity index (χ1n) is 13.8. The van der Waals surface area contributed by atoms with Crippen molar-refractivity contribution in [1.29, 1.82) is 0 Å². The molecule has 0 saturated carbocycles. The zero-order valence-electron chi connectivity index (χ0n) is 23.3. The molecule has 1 N–H and O–H groups in total. The van der Waals surface area contributed by atoms with Gasteiger partial charge in [-0.25, -0.2) is 9.37 Å². The SMILES string of the molecule is CCCCOc1ccc([C@H]2/C(=C(\O)c3ccc4c(c3)C[C@H](C)O4)C(=O)C(=O)N2c2nc3ccc(F)cc3s2)cc1OC. The van der Waals surface area contributed by atoms with E-state index in [1.807, 2.05) is 6.92 Å². The number of amides is 1. The third kappa shape index (κ3) is 4.85. The first-order valence-corrected chi connectivity index (χ1v) is 14.6. The monoisotopic (exact) mass is 588 g/mol. The Hall–Kier alpha value is -4.44. The first kappa shape index (κ1) is 27.7. The number of rotatable bonds is 8. The fourth-order valence-corrected chi connectivity index (χ4v) is 6.38. The summed E-state index contributed by atoms with van der Waals surface area (Å²) in [7, 11) is 1.51. The van der Waals surface area contributed by atoms with Gasteiger partial charge in [0.05, 0.1) is 35.5 Å². The minimum Gasteiger partial charge on any atom is -0.507 e. The number of aliphatic hydroxyl groups is 1. The summed E-state index contributed by atoms with van der Waals surface area (Å²) in [5.74, 6) is -0.774. The highest BCUT2D eigenvalue weighted by Crippen LogP contribution is 2.46. The van der Waals surface area contributed by atoms with Crippen molar-refractivity contribution in [3.63, 3.8) is 0 Å². The maximum atomic E-state index is 14.0. The molecule has 0 unspecified atom stereocenters. The number of thiazole rings is 1. The van der Waals surface area contributed by atoms with Gasteiger partial charge in [0.1, 0.15) is 23.4 Å². The van der Waals surface area contributed by atoms with E-state index in [4.69, 9.17) is 14.2 Å². The van der Waals surface area contributed by atoms with E-state index < -0.39 is 23.5 Å². The minimum atomic E-state index is -1.03. The number of benzene rings is 3. The summed E-state index contributed by atoms with van der Waals surface area (Å²) < 4.78 is 31.8. The lowest BCUT2D eigenvalue weighted by Crippen LogP contribution is -2.29. The Morgan fingerprint density at radius 3 is 2.76 bits per heavy atom. The molecule has 3 aromatic carbocycles. The average molecular weight is 589 g/mol. The van der Waals surface area contributed by atoms with E-state index in [0.717, 1.165) is 35.5 Å². The predicted molar refractivity (Wildman–Crippen MR) is 158 cm³/mol. The van der Waals surface area contributed by atoms with Crippen molar-refractivity contribution in [2.24, 2.45) is 0 Å². The largest absolute Gasteiger partial charge is 0.507 e. The number of carbonyl (C=O) groups is 2. The molecule has 10 heteroatoms. The lowest BCUT2D eigenvalue weighted by atomic mass is 9.94. The highest BCUT2D eigenvalue weighted by atomic mass is 32.1. The summed E-state index contributed by atoms with van der Waals surface area (Å²) in [5, 5.41) is 11.8. The molecule has 1 aromatic heterocycles. The Kier molecular flexibility index (Phi) is 7.32. The van der Waals surface area contributed by atoms with Crippen LogP contribution in [0.4, 0.5) is 9.52 Å². The second-order valence-electron chi connectivity index (χ2n) is 10.3. The Morgan fingerprint density at radius 2 is 1.98 bits per heavy atom. The highest BCUT2D eigenvalue weighted by molar-refractivity contribution is 7.22. The molecule has 0 radical (unpaired) electrons. The summed E-state index contributed by atoms with van der Waals surface area (Å²) >= 11 is 1.09. The average Bonchev–Trinajstić information content (AvgIpc) is 3.64. The zero-order valence-corrected chi connectivity index (χ0v) is 24.2. The van der Waals surface area contributed by atoms with Crippen LogP contribution in [0.25, 0.3) is 16.0 Å². The van der Waals surface area contributed by atoms with Gasteiger partial charge in [-0.1, -0.05) is 30.7 Å². The Bertz CT molecular complexity index is 1750. The van der Waals surface area contributed by atoms with Crippen LogP contribution in [0.2, 0.25) is 0 Å². The molecule has 2 atom stereocenters. The van der Waals surface area contributed by atoms with Crippen molar-refractivity contribution in [2.45, 2.75) is 45.3 Å². The van der Waals surface area contributed by atoms with E-state index in [-0.39, 0.29) is 22.6 Å². The molecule has 0 aliphatic carbocycles. The van der Waals surface area contributed by atoms with Gasteiger partial charge in [-0.15, -0.1) is 0 Å². The fourth-order valence-electron chi connectivity index (χ4n) is 5.36. The van der Waals surface area contributed by atoms with Crippen molar-refractivity contribution in [1.82, 2.24) is 4.98 Å². The number of nitrogens with zero attached hydrogens (tertiary/aromatic N) is 2. The lowest BCUT2D eigenvalue weighted by molar-refractivity contribution is -0.132. The number of aromatic nitrogens is 1. The molecule has 6 rings (SSSR count). The fraction of sp³-hybridized carbons (Fsp3) is 0.281. The Balaban J connectivity index is 1.51. The van der Waals surface area contributed by atoms with Gasteiger partial charge < -0.3 is 19.3 Å². The summed E-state index contributed by atoms with van der Waals surface area (Å²) in [6, 6.07) is 13.5. The van der Waals surface area contributed by atoms with Gasteiger partial charge in [-0.3, -0.25) is 14.5 Å². The van der Waals surface area contributed by atoms with Crippen LogP contribution in [0.5, 0.6) is 17.2 Å². The number of halogens is 1. The van der Waals surface area contributed by atoms with Gasteiger partial charge in [-0.2, -0.15) is 0 Å². The topological polar surface area (TPSA) is 98.2 Å². The maximum Gasteiger partial charge on any atom is 0.301 e. The van der Waals surface area contributed by atoms with Gasteiger partial charge in [0.2, 0.25) is 0 Å². The van der Waals surface area contributed by atoms with Crippen LogP contribution in [0.1, 0.15) is 49.4 Å². The number of unbranched alkanes of at least 4 members (excludes halogenated alkanes) is 1. The predicted octanol–water partition coefficient (Wildman–Crippen LogP) is 6.57. The van der Waals surface area contributed by atoms with Crippen molar-refractivity contribution in [3.8, 4) is 17.2 Å². The molecule has 42 heavy (non-hydrogen) atoms. The van der Waals surface area contributed by atoms with Crippen molar-refractivity contribution in [2.75, 3.05) is 18.6 Å². The summed E-state index contributed by atoms with van der Waals surface area (Å²) in [4.78, 5) is 33.1. The highest BCUT2D eigenvalue weighted by Gasteiger charge is 2.48. The standard InChI is InChI=1S/C32H29FN2O6S/c1-4-5-12-40-24-11-6-18(15-25(24)39-3)28-27(29(36)19-7-10-23-20(14-19)13-17(2)41-23)30(37)31(38)35(28)32-34-22-9-8-21(33)16-26(22)42-32/h6-11,14-17,28,36H,4-5,12-13H2,1-3H3/b29-27+/t17-,28-/m0/s1. The molecule has 3 heterocycles. The second-order valence-corrected chi connectivity index (χ2v) is 11.4. The maximum absolute atomic E-state index is 14.0. The van der Waals surface area contributed by atoms with Crippen LogP contribution in [0.3, 0.4) is 0 Å². The summed E-state index contributed by atoms with van der Waals surface area (Å²) in [6.45, 7) is 4.53. The van der Waals surface area contributed by atoms with E-state index in [1.54, 1.807) is 36.4 Å². The number of fused-ring (bicyclic) bond motifs is 2. The number of hydrogen-bond donors (Lipinski definition) is 1. The molecular formula is C32H29FN2O6S. The van der Waals surface area contributed by atoms with Gasteiger partial charge >= 0.3 is 5.91 Å². The molecular weight excluding hydrogens is 559 g/mol. The van der Waals surface area contributed by atoms with Crippen LogP contribution >= 0.6 is 11.3 Å². The molecule has 1 amide bonds. The van der Waals surface area contributed by atoms with E-state index in [0.29, 0.717) is 45.9 Å². The van der Waals surface area contributed by atoms with Crippen LogP contribution in [-0.2, 0) is 16.0 Å². The van der Waals surface area contributed by atoms with Crippen molar-refractivity contribution < 1.29 is 33.3 Å². The number of carbonyl (C=O) groups excluding carboxylic acids is 2. The zero-order chi connectivity index (χ0) is 29.5. The third-order valence-electron chi connectivity index (χ3n) is 7.42. The molecule has 0 spiro atoms. The van der Waals surface area contributed by atoms with Crippen LogP contribution in [-0.4, -0.2) is 41.6 Å². The molecule has 2 aliphatic heterocycles. The van der Waals surface area contributed by atoms with E-state index in [1.165, 1.54) is 30.2 Å². The third-order valence-corrected chi connectivity index (χ3v) is 8.44. The summed E-state index contributed by atoms with van der Waals surface area (Å²) in [6.07, 6.45) is 2.49. The van der Waals surface area contributed by atoms with Crippen molar-refractivity contribution >= 4 is 44.1 Å². The summed E-state index contributed by atoms with van der Waals surface area (Å²) in [5.41, 5.74) is 2.22. The minimum absolute atomic E-state index is 0.00243. The number of Topliss-reactive ketones (excluding diaryl/α,β-unsaturated/α-hetero) is 1. The van der Waals surface area contributed by atoms with Crippen LogP contribution in [0.15, 0.2) is 60.2 Å². The second kappa shape index (κ2) is 11.1. The van der Waals surface area contributed by atoms with E-state index in [2.05, 4.69) is 11.9 Å². The molecule has 4 aromatic rings. The quantitative estimate of drug-likeness (QED) is 0.108. The molecule has 1 saturated heterocycles. The molecule has 8 nitrogen and oxygen atoms in total. The molecule has 1 fully saturated rings. The Morgan fingerprint density at radius 1 is 1.14 bits per heavy atom. The smallest absolute Gasteiger partial charge is 0.301 e. The van der Waals surface area contributed by atoms with Crippen molar-refractivity contribution in [3.05, 3.63) is 82.7 Å². The number of hydrogen-bond acceptors (Lipinski definition) is 8. The first-order chi connectivity index (χ1) is 20.3. The number of anilines is 1. The van der Waals surface area contributed by atoms with Gasteiger partial charge in [0.25, 0.3) is 5.78 Å². The van der Waals surface area contributed by atoms with E-state index >= 15 is 0 Å². The van der Waals surface area contributed by atoms with Gasteiger partial charge in [0.15, 0.2) is 16.6 Å². The molecule has 2 aliphatic rings. The lowest BCUT2D eigenvalue weighted by Gasteiger charge is -2.24. The van der Waals surface area contributed by atoms with Crippen LogP contribution < -0.4 is 19.1 Å². The number of ether oxygens (including phenoxy) is 3. The van der Waals surface area contributed by atoms with Crippen LogP contribution in [0, 0.1) is 5.82 Å². The van der Waals surface area contributed by atoms with E-state index in [9.17, 15) is 19.1 Å². The molecule has 0 bridgehead atoms. The normalized spacial score (nSPS) is 19.3. The number of ketones is 1. The number of methoxy groups -OCH3 is 1. The van der Waals surface area contributed by atoms with Gasteiger partial charge in [-0.05, 0) is 73.0 Å². The Labute approximate surface area is 246 Å². The molecule has 216 valence electrons. The number of aliphatic hydroxyl groups excluding tert-OH is 1.